The van der Waals surface area contributed by atoms with Crippen LogP contribution in [0.1, 0.15) is 25.3 Å². The van der Waals surface area contributed by atoms with Gasteiger partial charge in [0, 0.05) is 24.6 Å². The normalized spacial score (nSPS) is 21.8. The fourth-order valence-corrected chi connectivity index (χ4v) is 4.18. The molecule has 2 aliphatic rings. The Bertz CT molecular complexity index is 693. The highest BCUT2D eigenvalue weighted by atomic mass is 32.2. The van der Waals surface area contributed by atoms with Gasteiger partial charge in [0.25, 0.3) is 5.91 Å². The number of benzene rings is 1. The minimum atomic E-state index is -0.868. The molecule has 0 aliphatic carbocycles. The van der Waals surface area contributed by atoms with E-state index in [0.717, 1.165) is 31.7 Å². The SMILES string of the molecule is CCOC(=O)[C@H]1O[C@@H]1C(=O)N[C@@H](CSCc1ccccc1)C(=O)N1CCCC1. The zero-order chi connectivity index (χ0) is 19.9. The monoisotopic (exact) mass is 406 g/mol. The zero-order valence-electron chi connectivity index (χ0n) is 16.0. The maximum Gasteiger partial charge on any atom is 0.338 e. The topological polar surface area (TPSA) is 88.2 Å². The van der Waals surface area contributed by atoms with Crippen molar-refractivity contribution in [2.45, 2.75) is 43.8 Å². The summed E-state index contributed by atoms with van der Waals surface area (Å²) in [5.74, 6) is 0.178. The Balaban J connectivity index is 1.55. The number of hydrogen-bond donors (Lipinski definition) is 1. The van der Waals surface area contributed by atoms with Crippen LogP contribution in [-0.2, 0) is 29.6 Å². The second-order valence-electron chi connectivity index (χ2n) is 6.82. The van der Waals surface area contributed by atoms with Crippen molar-refractivity contribution in [3.63, 3.8) is 0 Å². The molecule has 1 aromatic carbocycles. The van der Waals surface area contributed by atoms with Crippen LogP contribution in [0.25, 0.3) is 0 Å². The predicted octanol–water partition coefficient (Wildman–Crippen LogP) is 1.36. The van der Waals surface area contributed by atoms with Gasteiger partial charge in [-0.25, -0.2) is 4.79 Å². The molecule has 2 fully saturated rings. The lowest BCUT2D eigenvalue weighted by molar-refractivity contribution is -0.144. The van der Waals surface area contributed by atoms with E-state index in [0.29, 0.717) is 5.75 Å². The molecule has 152 valence electrons. The zero-order valence-corrected chi connectivity index (χ0v) is 16.8. The maximum atomic E-state index is 12.8. The van der Waals surface area contributed by atoms with Crippen molar-refractivity contribution in [3.8, 4) is 0 Å². The minimum absolute atomic E-state index is 0.0697. The third-order valence-electron chi connectivity index (χ3n) is 4.70. The quantitative estimate of drug-likeness (QED) is 0.492. The number of esters is 1. The number of thioether (sulfide) groups is 1. The number of likely N-dealkylation sites (tertiary alicyclic amines) is 1. The number of amides is 2. The molecule has 2 aliphatic heterocycles. The Morgan fingerprint density at radius 3 is 2.61 bits per heavy atom. The Labute approximate surface area is 169 Å². The number of carbonyl (C=O) groups excluding carboxylic acids is 3. The van der Waals surface area contributed by atoms with Crippen molar-refractivity contribution in [1.82, 2.24) is 10.2 Å². The van der Waals surface area contributed by atoms with Crippen molar-refractivity contribution >= 4 is 29.5 Å². The molecular weight excluding hydrogens is 380 g/mol. The average Bonchev–Trinajstić information content (AvgIpc) is 3.33. The van der Waals surface area contributed by atoms with Gasteiger partial charge in [-0.1, -0.05) is 30.3 Å². The number of nitrogens with zero attached hydrogens (tertiary/aromatic N) is 1. The van der Waals surface area contributed by atoms with Gasteiger partial charge in [-0.2, -0.15) is 11.8 Å². The first-order valence-corrected chi connectivity index (χ1v) is 10.8. The molecule has 0 spiro atoms. The summed E-state index contributed by atoms with van der Waals surface area (Å²) < 4.78 is 10.0. The number of carbonyl (C=O) groups is 3. The molecule has 0 unspecified atom stereocenters. The third kappa shape index (κ3) is 5.48. The fourth-order valence-electron chi connectivity index (χ4n) is 3.17. The van der Waals surface area contributed by atoms with Crippen LogP contribution in [0.15, 0.2) is 30.3 Å². The number of ether oxygens (including phenoxy) is 2. The summed E-state index contributed by atoms with van der Waals surface area (Å²) in [6.07, 6.45) is 0.243. The molecule has 0 bridgehead atoms. The second-order valence-corrected chi connectivity index (χ2v) is 7.85. The van der Waals surface area contributed by atoms with Crippen molar-refractivity contribution in [2.75, 3.05) is 25.4 Å². The van der Waals surface area contributed by atoms with Gasteiger partial charge in [0.15, 0.2) is 12.2 Å². The van der Waals surface area contributed by atoms with Gasteiger partial charge in [0.05, 0.1) is 6.61 Å². The van der Waals surface area contributed by atoms with E-state index in [4.69, 9.17) is 9.47 Å². The van der Waals surface area contributed by atoms with Crippen LogP contribution in [0.5, 0.6) is 0 Å². The van der Waals surface area contributed by atoms with E-state index < -0.39 is 30.1 Å². The Morgan fingerprint density at radius 2 is 1.93 bits per heavy atom. The van der Waals surface area contributed by atoms with Gasteiger partial charge in [-0.15, -0.1) is 0 Å². The Hall–Kier alpha value is -2.06. The first-order chi connectivity index (χ1) is 13.6. The summed E-state index contributed by atoms with van der Waals surface area (Å²) in [6, 6.07) is 9.35. The van der Waals surface area contributed by atoms with E-state index in [1.165, 1.54) is 5.56 Å². The average molecular weight is 407 g/mol. The summed E-state index contributed by atoms with van der Waals surface area (Å²) in [5.41, 5.74) is 1.17. The van der Waals surface area contributed by atoms with Gasteiger partial charge in [0.1, 0.15) is 6.04 Å². The summed E-state index contributed by atoms with van der Waals surface area (Å²) in [7, 11) is 0. The van der Waals surface area contributed by atoms with E-state index in [-0.39, 0.29) is 12.5 Å². The molecule has 7 nitrogen and oxygen atoms in total. The van der Waals surface area contributed by atoms with Gasteiger partial charge in [-0.05, 0) is 25.3 Å². The Morgan fingerprint density at radius 1 is 1.21 bits per heavy atom. The van der Waals surface area contributed by atoms with Gasteiger partial charge in [0.2, 0.25) is 5.91 Å². The summed E-state index contributed by atoms with van der Waals surface area (Å²) in [4.78, 5) is 38.8. The second kappa shape index (κ2) is 9.93. The van der Waals surface area contributed by atoms with Gasteiger partial charge in [-0.3, -0.25) is 9.59 Å². The van der Waals surface area contributed by atoms with Crippen LogP contribution in [0.4, 0.5) is 0 Å². The summed E-state index contributed by atoms with van der Waals surface area (Å²) in [6.45, 7) is 3.38. The molecule has 2 heterocycles. The lowest BCUT2D eigenvalue weighted by Gasteiger charge is -2.23. The lowest BCUT2D eigenvalue weighted by Crippen LogP contribution is -2.50. The van der Waals surface area contributed by atoms with Crippen LogP contribution in [0.2, 0.25) is 0 Å². The predicted molar refractivity (Wildman–Crippen MR) is 106 cm³/mol. The standard InChI is InChI=1S/C20H26N2O5S/c1-2-26-20(25)17-16(27-17)18(23)21-15(19(24)22-10-6-7-11-22)13-28-12-14-8-4-3-5-9-14/h3-5,8-9,15-17H,2,6-7,10-13H2,1H3,(H,21,23)/t15-,16-,17-/m0/s1. The number of hydrogen-bond acceptors (Lipinski definition) is 6. The molecule has 1 aromatic rings. The highest BCUT2D eigenvalue weighted by Gasteiger charge is 2.52. The molecule has 2 amide bonds. The number of epoxide rings is 1. The van der Waals surface area contributed by atoms with Crippen LogP contribution in [0.3, 0.4) is 0 Å². The van der Waals surface area contributed by atoms with Crippen LogP contribution >= 0.6 is 11.8 Å². The summed E-state index contributed by atoms with van der Waals surface area (Å²) >= 11 is 1.60. The van der Waals surface area contributed by atoms with Gasteiger partial charge >= 0.3 is 5.97 Å². The molecule has 28 heavy (non-hydrogen) atoms. The van der Waals surface area contributed by atoms with Crippen molar-refractivity contribution < 1.29 is 23.9 Å². The van der Waals surface area contributed by atoms with Crippen LogP contribution in [0, 0.1) is 0 Å². The molecule has 1 N–H and O–H groups in total. The van der Waals surface area contributed by atoms with Crippen molar-refractivity contribution in [1.29, 1.82) is 0 Å². The van der Waals surface area contributed by atoms with Crippen LogP contribution < -0.4 is 5.32 Å². The summed E-state index contributed by atoms with van der Waals surface area (Å²) in [5, 5.41) is 2.79. The molecule has 0 saturated carbocycles. The number of rotatable bonds is 9. The highest BCUT2D eigenvalue weighted by molar-refractivity contribution is 7.98. The highest BCUT2D eigenvalue weighted by Crippen LogP contribution is 2.24. The maximum absolute atomic E-state index is 12.8. The molecule has 0 aromatic heterocycles. The van der Waals surface area contributed by atoms with E-state index >= 15 is 0 Å². The van der Waals surface area contributed by atoms with Crippen LogP contribution in [-0.4, -0.2) is 66.4 Å². The molecule has 3 rings (SSSR count). The lowest BCUT2D eigenvalue weighted by atomic mass is 10.2. The minimum Gasteiger partial charge on any atom is -0.464 e. The largest absolute Gasteiger partial charge is 0.464 e. The molecule has 3 atom stereocenters. The smallest absolute Gasteiger partial charge is 0.338 e. The van der Waals surface area contributed by atoms with E-state index in [9.17, 15) is 14.4 Å². The van der Waals surface area contributed by atoms with Gasteiger partial charge < -0.3 is 19.7 Å². The van der Waals surface area contributed by atoms with E-state index in [1.807, 2.05) is 30.3 Å². The Kier molecular flexibility index (Phi) is 7.33. The van der Waals surface area contributed by atoms with E-state index in [1.54, 1.807) is 23.6 Å². The first-order valence-electron chi connectivity index (χ1n) is 9.63. The number of nitrogens with one attached hydrogen (secondary N) is 1. The molecular formula is C20H26N2O5S. The first kappa shape index (κ1) is 20.7. The van der Waals surface area contributed by atoms with E-state index in [2.05, 4.69) is 5.32 Å². The molecule has 8 heteroatoms. The van der Waals surface area contributed by atoms with Crippen molar-refractivity contribution in [2.24, 2.45) is 0 Å². The third-order valence-corrected chi connectivity index (χ3v) is 5.80. The molecule has 0 radical (unpaired) electrons. The molecule has 2 saturated heterocycles. The van der Waals surface area contributed by atoms with Crippen molar-refractivity contribution in [3.05, 3.63) is 35.9 Å². The fraction of sp³-hybridized carbons (Fsp3) is 0.550.